The molecule has 1 heterocycles. The topological polar surface area (TPSA) is 61.2 Å². The fourth-order valence-corrected chi connectivity index (χ4v) is 2.44. The lowest BCUT2D eigenvalue weighted by atomic mass is 10.4. The molecule has 0 spiro atoms. The van der Waals surface area contributed by atoms with E-state index in [-0.39, 0.29) is 17.4 Å². The Morgan fingerprint density at radius 3 is 2.33 bits per heavy atom. The normalized spacial score (nSPS) is 22.2. The summed E-state index contributed by atoms with van der Waals surface area (Å²) in [6, 6.07) is 0. The van der Waals surface area contributed by atoms with E-state index in [1.54, 1.807) is 4.90 Å². The average Bonchev–Trinajstić information content (AvgIpc) is 2.03. The van der Waals surface area contributed by atoms with Crippen LogP contribution in [0.15, 0.2) is 0 Å². The van der Waals surface area contributed by atoms with Crippen LogP contribution in [0.2, 0.25) is 0 Å². The third-order valence-electron chi connectivity index (χ3n) is 1.85. The summed E-state index contributed by atoms with van der Waals surface area (Å²) in [6.07, 6.45) is 0. The van der Waals surface area contributed by atoms with Gasteiger partial charge in [0.1, 0.15) is 5.84 Å². The lowest BCUT2D eigenvalue weighted by Gasteiger charge is -2.27. The highest BCUT2D eigenvalue weighted by atomic mass is 35.5. The molecule has 1 aliphatic heterocycles. The Morgan fingerprint density at radius 1 is 1.42 bits per heavy atom. The molecule has 1 rings (SSSR count). The maximum atomic E-state index is 11.0. The van der Waals surface area contributed by atoms with Crippen molar-refractivity contribution in [2.75, 3.05) is 30.5 Å². The van der Waals surface area contributed by atoms with Crippen LogP contribution in [0.25, 0.3) is 0 Å². The highest BCUT2D eigenvalue weighted by Crippen LogP contribution is 2.04. The van der Waals surface area contributed by atoms with Crippen molar-refractivity contribution in [2.45, 2.75) is 0 Å². The Labute approximate surface area is 76.9 Å². The number of hydrogen-bond acceptors (Lipinski definition) is 3. The zero-order valence-electron chi connectivity index (χ0n) is 6.59. The summed E-state index contributed by atoms with van der Waals surface area (Å²) >= 11 is 5.44. The molecule has 0 saturated carbocycles. The molecule has 12 heavy (non-hydrogen) atoms. The van der Waals surface area contributed by atoms with Crippen molar-refractivity contribution in [3.63, 3.8) is 0 Å². The molecule has 1 aliphatic rings. The molecule has 0 radical (unpaired) electrons. The van der Waals surface area contributed by atoms with Crippen LogP contribution in [0.1, 0.15) is 0 Å². The fourth-order valence-electron chi connectivity index (χ4n) is 1.07. The maximum Gasteiger partial charge on any atom is 0.153 e. The molecule has 70 valence electrons. The minimum Gasteiger partial charge on any atom is -0.358 e. The third-order valence-corrected chi connectivity index (χ3v) is 3.72. The van der Waals surface area contributed by atoms with Gasteiger partial charge in [-0.25, -0.2) is 8.42 Å². The Kier molecular flexibility index (Phi) is 2.95. The molecule has 0 aliphatic carbocycles. The second kappa shape index (κ2) is 3.62. The van der Waals surface area contributed by atoms with Crippen LogP contribution >= 0.6 is 11.6 Å². The maximum absolute atomic E-state index is 11.0. The van der Waals surface area contributed by atoms with E-state index in [1.165, 1.54) is 0 Å². The van der Waals surface area contributed by atoms with Crippen molar-refractivity contribution < 1.29 is 8.42 Å². The highest BCUT2D eigenvalue weighted by molar-refractivity contribution is 7.91. The van der Waals surface area contributed by atoms with E-state index in [9.17, 15) is 8.42 Å². The first-order valence-electron chi connectivity index (χ1n) is 3.64. The Hall–Kier alpha value is -0.290. The van der Waals surface area contributed by atoms with Gasteiger partial charge in [0.15, 0.2) is 9.84 Å². The Balaban J connectivity index is 2.52. The summed E-state index contributed by atoms with van der Waals surface area (Å²) < 4.78 is 22.0. The molecule has 6 heteroatoms. The number of sulfone groups is 1. The van der Waals surface area contributed by atoms with Gasteiger partial charge in [-0.15, -0.1) is 11.6 Å². The van der Waals surface area contributed by atoms with Crippen molar-refractivity contribution >= 4 is 27.3 Å². The van der Waals surface area contributed by atoms with Crippen LogP contribution in [0.3, 0.4) is 0 Å². The van der Waals surface area contributed by atoms with Gasteiger partial charge < -0.3 is 4.90 Å². The molecule has 0 atom stereocenters. The molecule has 0 aromatic rings. The van der Waals surface area contributed by atoms with Crippen LogP contribution in [-0.4, -0.2) is 49.6 Å². The van der Waals surface area contributed by atoms with Gasteiger partial charge in [0.25, 0.3) is 0 Å². The molecule has 0 aromatic heterocycles. The fraction of sp³-hybridized carbons (Fsp3) is 0.833. The van der Waals surface area contributed by atoms with Gasteiger partial charge in [-0.2, -0.15) is 0 Å². The van der Waals surface area contributed by atoms with Crippen molar-refractivity contribution in [1.82, 2.24) is 4.90 Å². The van der Waals surface area contributed by atoms with E-state index in [4.69, 9.17) is 17.0 Å². The van der Waals surface area contributed by atoms with Gasteiger partial charge in [0, 0.05) is 13.1 Å². The number of amidine groups is 1. The summed E-state index contributed by atoms with van der Waals surface area (Å²) in [5, 5.41) is 7.36. The average molecular weight is 211 g/mol. The first-order chi connectivity index (χ1) is 5.55. The number of nitrogens with zero attached hydrogens (tertiary/aromatic N) is 1. The molecule has 1 saturated heterocycles. The van der Waals surface area contributed by atoms with Crippen LogP contribution in [0, 0.1) is 5.41 Å². The van der Waals surface area contributed by atoms with Gasteiger partial charge in [-0.05, 0) is 0 Å². The summed E-state index contributed by atoms with van der Waals surface area (Å²) in [7, 11) is -2.84. The van der Waals surface area contributed by atoms with Crippen molar-refractivity contribution in [1.29, 1.82) is 5.41 Å². The number of halogens is 1. The standard InChI is InChI=1S/C6H11ClN2O2S/c7-5-6(8)9-1-3-12(10,11)4-2-9/h8H,1-5H2. The molecule has 0 bridgehead atoms. The van der Waals surface area contributed by atoms with Crippen molar-refractivity contribution in [2.24, 2.45) is 0 Å². The molecule has 1 N–H and O–H groups in total. The third kappa shape index (κ3) is 2.35. The predicted molar refractivity (Wildman–Crippen MR) is 48.7 cm³/mol. The summed E-state index contributed by atoms with van der Waals surface area (Å²) in [5.41, 5.74) is 0. The van der Waals surface area contributed by atoms with E-state index >= 15 is 0 Å². The number of rotatable bonds is 1. The second-order valence-corrected chi connectivity index (χ2v) is 5.29. The first-order valence-corrected chi connectivity index (χ1v) is 5.99. The summed E-state index contributed by atoms with van der Waals surface area (Å²) in [6.45, 7) is 0.821. The van der Waals surface area contributed by atoms with Gasteiger partial charge >= 0.3 is 0 Å². The van der Waals surface area contributed by atoms with E-state index < -0.39 is 9.84 Å². The van der Waals surface area contributed by atoms with E-state index in [0.29, 0.717) is 18.9 Å². The SMILES string of the molecule is N=C(CCl)N1CCS(=O)(=O)CC1. The molecule has 0 aromatic carbocycles. The lowest BCUT2D eigenvalue weighted by Crippen LogP contribution is -2.43. The summed E-state index contributed by atoms with van der Waals surface area (Å²) in [4.78, 5) is 1.70. The minimum atomic E-state index is -2.84. The van der Waals surface area contributed by atoms with Gasteiger partial charge in [-0.3, -0.25) is 5.41 Å². The Bertz CT molecular complexity index is 261. The molecular formula is C6H11ClN2O2S. The number of nitrogens with one attached hydrogen (secondary N) is 1. The molecule has 0 unspecified atom stereocenters. The quantitative estimate of drug-likeness (QED) is 0.375. The Morgan fingerprint density at radius 2 is 1.92 bits per heavy atom. The largest absolute Gasteiger partial charge is 0.358 e. The number of alkyl halides is 1. The molecule has 1 fully saturated rings. The van der Waals surface area contributed by atoms with Gasteiger partial charge in [0.05, 0.1) is 17.4 Å². The van der Waals surface area contributed by atoms with Crippen LogP contribution in [0.5, 0.6) is 0 Å². The van der Waals surface area contributed by atoms with Gasteiger partial charge in [-0.1, -0.05) is 0 Å². The van der Waals surface area contributed by atoms with Crippen molar-refractivity contribution in [3.05, 3.63) is 0 Å². The van der Waals surface area contributed by atoms with Crippen LogP contribution in [-0.2, 0) is 9.84 Å². The lowest BCUT2D eigenvalue weighted by molar-refractivity contribution is 0.438. The zero-order valence-corrected chi connectivity index (χ0v) is 8.16. The minimum absolute atomic E-state index is 0.145. The summed E-state index contributed by atoms with van der Waals surface area (Å²) in [5.74, 6) is 0.755. The van der Waals surface area contributed by atoms with E-state index in [0.717, 1.165) is 0 Å². The van der Waals surface area contributed by atoms with E-state index in [1.807, 2.05) is 0 Å². The zero-order chi connectivity index (χ0) is 9.19. The van der Waals surface area contributed by atoms with E-state index in [2.05, 4.69) is 0 Å². The molecular weight excluding hydrogens is 200 g/mol. The monoisotopic (exact) mass is 210 g/mol. The van der Waals surface area contributed by atoms with Gasteiger partial charge in [0.2, 0.25) is 0 Å². The first kappa shape index (κ1) is 9.80. The van der Waals surface area contributed by atoms with Crippen molar-refractivity contribution in [3.8, 4) is 0 Å². The highest BCUT2D eigenvalue weighted by Gasteiger charge is 2.22. The van der Waals surface area contributed by atoms with Crippen LogP contribution < -0.4 is 0 Å². The second-order valence-electron chi connectivity index (χ2n) is 2.72. The smallest absolute Gasteiger partial charge is 0.153 e. The number of hydrogen-bond donors (Lipinski definition) is 1. The predicted octanol–water partition coefficient (Wildman–Crippen LogP) is -0.0671. The molecule has 0 amide bonds. The van der Waals surface area contributed by atoms with Crippen LogP contribution in [0.4, 0.5) is 0 Å². The molecule has 4 nitrogen and oxygen atoms in total.